The minimum atomic E-state index is -0.512. The maximum absolute atomic E-state index is 5.52. The molecule has 1 aliphatic heterocycles. The Kier molecular flexibility index (Phi) is 5.71. The fraction of sp³-hybridized carbons (Fsp3) is 0.467. The van der Waals surface area contributed by atoms with Crippen molar-refractivity contribution in [1.29, 1.82) is 0 Å². The van der Waals surface area contributed by atoms with Crippen molar-refractivity contribution in [3.05, 3.63) is 35.4 Å². The molecule has 1 aliphatic rings. The summed E-state index contributed by atoms with van der Waals surface area (Å²) in [5.74, 6) is 0. The van der Waals surface area contributed by atoms with Crippen molar-refractivity contribution in [2.24, 2.45) is 10.3 Å². The van der Waals surface area contributed by atoms with Gasteiger partial charge in [-0.05, 0) is 13.8 Å². The molecule has 6 nitrogen and oxygen atoms in total. The molecule has 0 aromatic heterocycles. The van der Waals surface area contributed by atoms with Crippen molar-refractivity contribution < 1.29 is 19.1 Å². The third-order valence-electron chi connectivity index (χ3n) is 2.80. The Labute approximate surface area is 124 Å². The van der Waals surface area contributed by atoms with Crippen LogP contribution in [0.3, 0.4) is 0 Å². The highest BCUT2D eigenvalue weighted by Crippen LogP contribution is 2.18. The Morgan fingerprint density at radius 2 is 1.90 bits per heavy atom. The lowest BCUT2D eigenvalue weighted by atomic mass is 10.0. The van der Waals surface area contributed by atoms with Crippen LogP contribution in [0.25, 0.3) is 0 Å². The van der Waals surface area contributed by atoms with Gasteiger partial charge >= 0.3 is 0 Å². The molecule has 0 N–H and O–H groups in total. The molecule has 0 saturated carbocycles. The lowest BCUT2D eigenvalue weighted by Crippen LogP contribution is -2.24. The molecule has 6 heteroatoms. The van der Waals surface area contributed by atoms with Crippen molar-refractivity contribution >= 4 is 11.4 Å². The van der Waals surface area contributed by atoms with Gasteiger partial charge in [0.05, 0.1) is 18.9 Å². The molecular weight excluding hydrogens is 272 g/mol. The van der Waals surface area contributed by atoms with Crippen LogP contribution in [-0.4, -0.2) is 38.0 Å². The summed E-state index contributed by atoms with van der Waals surface area (Å²) in [6.07, 6.45) is -0.512. The molecule has 0 bridgehead atoms. The van der Waals surface area contributed by atoms with E-state index >= 15 is 0 Å². The molecule has 0 spiro atoms. The standard InChI is InChI=1S/C15H20N2O4/c1-11(2)16-21-10-12-6-4-5-7-13(12)14(17-18-3)15-19-8-9-20-15/h4-7,15H,8-10H2,1-3H3. The monoisotopic (exact) mass is 292 g/mol. The van der Waals surface area contributed by atoms with Crippen LogP contribution >= 0.6 is 0 Å². The van der Waals surface area contributed by atoms with E-state index in [0.717, 1.165) is 16.8 Å². The second-order valence-corrected chi connectivity index (χ2v) is 4.70. The van der Waals surface area contributed by atoms with Gasteiger partial charge in [0.2, 0.25) is 6.29 Å². The molecule has 1 fully saturated rings. The van der Waals surface area contributed by atoms with Gasteiger partial charge in [-0.1, -0.05) is 34.6 Å². The van der Waals surface area contributed by atoms with Crippen molar-refractivity contribution in [3.8, 4) is 0 Å². The Morgan fingerprint density at radius 3 is 2.57 bits per heavy atom. The first-order valence-corrected chi connectivity index (χ1v) is 6.78. The number of hydrogen-bond acceptors (Lipinski definition) is 6. The largest absolute Gasteiger partial charge is 0.399 e. The van der Waals surface area contributed by atoms with Gasteiger partial charge in [0, 0.05) is 11.1 Å². The summed E-state index contributed by atoms with van der Waals surface area (Å²) < 4.78 is 11.0. The van der Waals surface area contributed by atoms with Crippen LogP contribution in [0.15, 0.2) is 34.6 Å². The molecule has 21 heavy (non-hydrogen) atoms. The summed E-state index contributed by atoms with van der Waals surface area (Å²) in [5.41, 5.74) is 3.28. The zero-order valence-corrected chi connectivity index (χ0v) is 12.5. The van der Waals surface area contributed by atoms with Crippen LogP contribution in [0.5, 0.6) is 0 Å². The predicted octanol–water partition coefficient (Wildman–Crippen LogP) is 2.32. The molecule has 0 atom stereocenters. The Balaban J connectivity index is 2.23. The Bertz CT molecular complexity index is 518. The third kappa shape index (κ3) is 4.27. The summed E-state index contributed by atoms with van der Waals surface area (Å²) in [6.45, 7) is 5.20. The molecule has 0 aliphatic carbocycles. The Hall–Kier alpha value is -1.92. The Morgan fingerprint density at radius 1 is 1.19 bits per heavy atom. The van der Waals surface area contributed by atoms with Gasteiger partial charge in [0.15, 0.2) is 0 Å². The van der Waals surface area contributed by atoms with Gasteiger partial charge in [-0.2, -0.15) is 0 Å². The fourth-order valence-corrected chi connectivity index (χ4v) is 1.96. The van der Waals surface area contributed by atoms with Gasteiger partial charge in [-0.15, -0.1) is 0 Å². The van der Waals surface area contributed by atoms with Crippen LogP contribution < -0.4 is 0 Å². The van der Waals surface area contributed by atoms with Crippen LogP contribution in [-0.2, 0) is 25.8 Å². The summed E-state index contributed by atoms with van der Waals surface area (Å²) in [4.78, 5) is 10.3. The lowest BCUT2D eigenvalue weighted by molar-refractivity contribution is 0.0120. The number of rotatable bonds is 6. The maximum atomic E-state index is 5.52. The van der Waals surface area contributed by atoms with Gasteiger partial charge in [0.25, 0.3) is 0 Å². The number of hydrogen-bond donors (Lipinski definition) is 0. The predicted molar refractivity (Wildman–Crippen MR) is 79.3 cm³/mol. The zero-order chi connectivity index (χ0) is 15.1. The average molecular weight is 292 g/mol. The molecule has 1 aromatic carbocycles. The zero-order valence-electron chi connectivity index (χ0n) is 12.5. The lowest BCUT2D eigenvalue weighted by Gasteiger charge is -2.15. The molecule has 1 saturated heterocycles. The molecule has 114 valence electrons. The highest BCUT2D eigenvalue weighted by Gasteiger charge is 2.26. The van der Waals surface area contributed by atoms with Gasteiger partial charge < -0.3 is 19.1 Å². The highest BCUT2D eigenvalue weighted by molar-refractivity contribution is 6.04. The van der Waals surface area contributed by atoms with E-state index in [-0.39, 0.29) is 0 Å². The van der Waals surface area contributed by atoms with Crippen LogP contribution in [0.2, 0.25) is 0 Å². The topological polar surface area (TPSA) is 61.6 Å². The van der Waals surface area contributed by atoms with Gasteiger partial charge in [-0.3, -0.25) is 0 Å². The van der Waals surface area contributed by atoms with Crippen LogP contribution in [0, 0.1) is 0 Å². The van der Waals surface area contributed by atoms with Crippen molar-refractivity contribution in [2.75, 3.05) is 20.3 Å². The summed E-state index contributed by atoms with van der Waals surface area (Å²) in [7, 11) is 1.50. The molecule has 0 amide bonds. The first-order valence-electron chi connectivity index (χ1n) is 6.78. The molecule has 0 radical (unpaired) electrons. The smallest absolute Gasteiger partial charge is 0.205 e. The number of nitrogens with zero attached hydrogens (tertiary/aromatic N) is 2. The van der Waals surface area contributed by atoms with Crippen molar-refractivity contribution in [1.82, 2.24) is 0 Å². The van der Waals surface area contributed by atoms with E-state index in [4.69, 9.17) is 19.1 Å². The second-order valence-electron chi connectivity index (χ2n) is 4.70. The molecule has 1 heterocycles. The highest BCUT2D eigenvalue weighted by atomic mass is 16.7. The van der Waals surface area contributed by atoms with Crippen molar-refractivity contribution in [3.63, 3.8) is 0 Å². The summed E-state index contributed by atoms with van der Waals surface area (Å²) in [6, 6.07) is 7.75. The van der Waals surface area contributed by atoms with Crippen LogP contribution in [0.4, 0.5) is 0 Å². The van der Waals surface area contributed by atoms with E-state index in [1.54, 1.807) is 0 Å². The normalized spacial score (nSPS) is 15.9. The number of oxime groups is 2. The number of ether oxygens (including phenoxy) is 2. The average Bonchev–Trinajstić information content (AvgIpc) is 2.99. The maximum Gasteiger partial charge on any atom is 0.205 e. The van der Waals surface area contributed by atoms with E-state index in [1.165, 1.54) is 7.11 Å². The first kappa shape index (κ1) is 15.5. The second kappa shape index (κ2) is 7.75. The summed E-state index contributed by atoms with van der Waals surface area (Å²) in [5, 5.41) is 8.00. The van der Waals surface area contributed by atoms with E-state index < -0.39 is 6.29 Å². The fourth-order valence-electron chi connectivity index (χ4n) is 1.96. The summed E-state index contributed by atoms with van der Waals surface area (Å²) >= 11 is 0. The van der Waals surface area contributed by atoms with Crippen molar-refractivity contribution in [2.45, 2.75) is 26.7 Å². The van der Waals surface area contributed by atoms with E-state index in [2.05, 4.69) is 10.3 Å². The molecule has 0 unspecified atom stereocenters. The van der Waals surface area contributed by atoms with Crippen LogP contribution in [0.1, 0.15) is 25.0 Å². The first-order chi connectivity index (χ1) is 10.2. The molecule has 1 aromatic rings. The minimum Gasteiger partial charge on any atom is -0.399 e. The molecule has 2 rings (SSSR count). The minimum absolute atomic E-state index is 0.344. The third-order valence-corrected chi connectivity index (χ3v) is 2.80. The van der Waals surface area contributed by atoms with E-state index in [1.807, 2.05) is 38.1 Å². The van der Waals surface area contributed by atoms with Gasteiger partial charge in [-0.25, -0.2) is 0 Å². The number of benzene rings is 1. The molecular formula is C15H20N2O4. The SMILES string of the molecule is CON=C(c1ccccc1CON=C(C)C)C1OCCO1. The quantitative estimate of drug-likeness (QED) is 0.596. The van der Waals surface area contributed by atoms with E-state index in [9.17, 15) is 0 Å². The van der Waals surface area contributed by atoms with Gasteiger partial charge in [0.1, 0.15) is 19.4 Å². The van der Waals surface area contributed by atoms with E-state index in [0.29, 0.717) is 25.5 Å².